The molecule has 0 radical (unpaired) electrons. The average Bonchev–Trinajstić information content (AvgIpc) is 3.58. The minimum atomic E-state index is -4.42. The van der Waals surface area contributed by atoms with Gasteiger partial charge in [0.2, 0.25) is 0 Å². The third-order valence-electron chi connectivity index (χ3n) is 13.4. The predicted molar refractivity (Wildman–Crippen MR) is 384 cm³/mol. The molecule has 496 valence electrons. The van der Waals surface area contributed by atoms with Gasteiger partial charge in [0.05, 0.1) is 13.2 Å². The van der Waals surface area contributed by atoms with E-state index >= 15 is 0 Å². The van der Waals surface area contributed by atoms with E-state index in [-0.39, 0.29) is 32.6 Å². The third-order valence-corrected chi connectivity index (χ3v) is 14.3. The molecule has 0 saturated carbocycles. The number of carbonyl (C=O) groups is 2. The van der Waals surface area contributed by atoms with Crippen LogP contribution in [0.15, 0.2) is 219 Å². The Kier molecular flexibility index (Phi) is 66.9. The molecule has 0 rings (SSSR count). The van der Waals surface area contributed by atoms with Gasteiger partial charge in [-0.25, -0.2) is 4.57 Å². The summed E-state index contributed by atoms with van der Waals surface area (Å²) in [6.45, 7) is 3.45. The number of hydrogen-bond acceptors (Lipinski definition) is 8. The van der Waals surface area contributed by atoms with E-state index in [0.29, 0.717) is 12.8 Å². The number of unbranched alkanes of at least 4 members (excludes halogenated alkanes) is 12. The van der Waals surface area contributed by atoms with E-state index in [4.69, 9.17) is 24.3 Å². The second-order valence-electron chi connectivity index (χ2n) is 21.6. The van der Waals surface area contributed by atoms with Crippen LogP contribution in [0.1, 0.15) is 232 Å². The first-order valence-corrected chi connectivity index (χ1v) is 35.7. The maximum absolute atomic E-state index is 12.8. The summed E-state index contributed by atoms with van der Waals surface area (Å²) in [4.78, 5) is 35.3. The van der Waals surface area contributed by atoms with Gasteiger partial charge in [-0.15, -0.1) is 0 Å². The standard InChI is InChI=1S/C79H122NO8P/c1-3-5-7-9-11-13-15-17-19-21-23-25-27-29-31-32-33-34-35-36-37-38-39-40-41-42-43-44-46-48-50-52-54-56-58-60-62-64-66-68-70-72-79(82)88-77(76-87-89(83,84)86-74-73-80)75-85-78(81)71-69-67-65-63-61-59-57-55-53-51-49-47-45-30-28-26-24-22-20-18-16-14-12-10-8-6-4-2/h5-8,11-14,17-20,23-26,29-31,33-34,36-37,39-40,42-43,45-46,48-49,51-52,54-55,57,77H,3-4,9-10,15-16,21-22,27-28,32,35,38,41,44,47,50,53,56,58-76,80H2,1-2H3,(H,83,84)/b7-5-,8-6-,13-11-,14-12-,19-17-,20-18-,25-23-,26-24-,31-29-,34-33-,37-36-,40-39-,43-42-,45-30-,48-46-,51-49-,54-52-,57-55-. The monoisotopic (exact) mass is 1240 g/mol. The lowest BCUT2D eigenvalue weighted by Crippen LogP contribution is -2.29. The van der Waals surface area contributed by atoms with Gasteiger partial charge in [-0.2, -0.15) is 0 Å². The lowest BCUT2D eigenvalue weighted by molar-refractivity contribution is -0.161. The fourth-order valence-electron chi connectivity index (χ4n) is 8.38. The van der Waals surface area contributed by atoms with E-state index in [1.54, 1.807) is 0 Å². The van der Waals surface area contributed by atoms with Crippen molar-refractivity contribution in [3.8, 4) is 0 Å². The molecule has 0 aromatic rings. The molecule has 0 aliphatic rings. The molecule has 0 aromatic carbocycles. The van der Waals surface area contributed by atoms with Crippen LogP contribution in [0.5, 0.6) is 0 Å². The largest absolute Gasteiger partial charge is 0.472 e. The van der Waals surface area contributed by atoms with E-state index in [9.17, 15) is 19.0 Å². The molecule has 0 saturated heterocycles. The molecule has 89 heavy (non-hydrogen) atoms. The Morgan fingerprint density at radius 3 is 0.865 bits per heavy atom. The van der Waals surface area contributed by atoms with Crippen LogP contribution in [0.2, 0.25) is 0 Å². The second kappa shape index (κ2) is 71.4. The Balaban J connectivity index is 4.07. The summed E-state index contributed by atoms with van der Waals surface area (Å²) in [6.07, 6.45) is 111. The number of nitrogens with two attached hydrogens (primary N) is 1. The number of allylic oxidation sites excluding steroid dienone is 36. The predicted octanol–water partition coefficient (Wildman–Crippen LogP) is 22.8. The Hall–Kier alpha value is -5.67. The van der Waals surface area contributed by atoms with E-state index in [1.807, 2.05) is 0 Å². The van der Waals surface area contributed by atoms with Crippen molar-refractivity contribution in [2.24, 2.45) is 5.73 Å². The number of esters is 2. The fourth-order valence-corrected chi connectivity index (χ4v) is 9.15. The second-order valence-corrected chi connectivity index (χ2v) is 23.0. The normalized spacial score (nSPS) is 14.3. The molecule has 0 heterocycles. The van der Waals surface area contributed by atoms with E-state index in [2.05, 4.69) is 233 Å². The van der Waals surface area contributed by atoms with Gasteiger partial charge in [-0.3, -0.25) is 18.6 Å². The zero-order valence-electron chi connectivity index (χ0n) is 55.6. The lowest BCUT2D eigenvalue weighted by atomic mass is 10.1. The zero-order valence-corrected chi connectivity index (χ0v) is 56.5. The highest BCUT2D eigenvalue weighted by molar-refractivity contribution is 7.47. The minimum absolute atomic E-state index is 0.0362. The van der Waals surface area contributed by atoms with Crippen molar-refractivity contribution in [1.82, 2.24) is 0 Å². The summed E-state index contributed by atoms with van der Waals surface area (Å²) < 4.78 is 33.1. The first-order valence-electron chi connectivity index (χ1n) is 34.2. The maximum atomic E-state index is 12.8. The van der Waals surface area contributed by atoms with Gasteiger partial charge in [-0.1, -0.05) is 284 Å². The SMILES string of the molecule is CC/C=C\C/C=C\C/C=C\C/C=C\C/C=C\C/C=C\C/C=C\C/C=C\C/C=C\C/C=C\C/C=C\CCCCCCCCCC(=O)OC(COC(=O)CCCCCCC/C=C\C/C=C\C/C=C\C/C=C\C/C=C\C/C=C\C/C=C\CC)COP(=O)(O)OCCN. The Bertz CT molecular complexity index is 2260. The zero-order chi connectivity index (χ0) is 64.4. The highest BCUT2D eigenvalue weighted by atomic mass is 31.2. The fraction of sp³-hybridized carbons (Fsp3) is 0.519. The van der Waals surface area contributed by atoms with Gasteiger partial charge in [0.15, 0.2) is 6.10 Å². The van der Waals surface area contributed by atoms with Crippen molar-refractivity contribution in [1.29, 1.82) is 0 Å². The van der Waals surface area contributed by atoms with Crippen LogP contribution in [0.3, 0.4) is 0 Å². The molecule has 2 atom stereocenters. The van der Waals surface area contributed by atoms with E-state index < -0.39 is 32.5 Å². The van der Waals surface area contributed by atoms with Crippen LogP contribution in [-0.2, 0) is 32.7 Å². The van der Waals surface area contributed by atoms with Crippen LogP contribution in [-0.4, -0.2) is 49.3 Å². The molecule has 3 N–H and O–H groups in total. The Morgan fingerprint density at radius 2 is 0.584 bits per heavy atom. The first kappa shape index (κ1) is 83.3. The number of phosphoric ester groups is 1. The summed E-state index contributed by atoms with van der Waals surface area (Å²) in [7, 11) is -4.42. The molecule has 0 aliphatic heterocycles. The van der Waals surface area contributed by atoms with Gasteiger partial charge < -0.3 is 20.1 Å². The van der Waals surface area contributed by atoms with Crippen molar-refractivity contribution >= 4 is 19.8 Å². The van der Waals surface area contributed by atoms with Crippen molar-refractivity contribution in [3.05, 3.63) is 219 Å². The van der Waals surface area contributed by atoms with Crippen LogP contribution in [0.4, 0.5) is 0 Å². The van der Waals surface area contributed by atoms with Crippen molar-refractivity contribution in [2.45, 2.75) is 238 Å². The molecule has 0 aliphatic carbocycles. The molecule has 0 bridgehead atoms. The van der Waals surface area contributed by atoms with Gasteiger partial charge >= 0.3 is 19.8 Å². The van der Waals surface area contributed by atoms with Gasteiger partial charge in [-0.05, 0) is 154 Å². The van der Waals surface area contributed by atoms with E-state index in [1.165, 1.54) is 12.8 Å². The van der Waals surface area contributed by atoms with Crippen LogP contribution in [0.25, 0.3) is 0 Å². The molecular formula is C79H122NO8P. The molecule has 2 unspecified atom stereocenters. The van der Waals surface area contributed by atoms with Gasteiger partial charge in [0, 0.05) is 19.4 Å². The van der Waals surface area contributed by atoms with Crippen molar-refractivity contribution in [3.63, 3.8) is 0 Å². The number of hydrogen-bond donors (Lipinski definition) is 2. The summed E-state index contributed by atoms with van der Waals surface area (Å²) >= 11 is 0. The number of carbonyl (C=O) groups excluding carboxylic acids is 2. The topological polar surface area (TPSA) is 134 Å². The quantitative estimate of drug-likeness (QED) is 0.0264. The minimum Gasteiger partial charge on any atom is -0.462 e. The molecule has 0 spiro atoms. The van der Waals surface area contributed by atoms with Crippen LogP contribution < -0.4 is 5.73 Å². The van der Waals surface area contributed by atoms with Gasteiger partial charge in [0.25, 0.3) is 0 Å². The Labute approximate surface area is 543 Å². The maximum Gasteiger partial charge on any atom is 0.472 e. The lowest BCUT2D eigenvalue weighted by Gasteiger charge is -2.19. The highest BCUT2D eigenvalue weighted by Gasteiger charge is 2.26. The number of ether oxygens (including phenoxy) is 2. The van der Waals surface area contributed by atoms with Crippen LogP contribution >= 0.6 is 7.82 Å². The molecule has 0 aromatic heterocycles. The van der Waals surface area contributed by atoms with E-state index in [0.717, 1.165) is 180 Å². The summed E-state index contributed by atoms with van der Waals surface area (Å²) in [6, 6.07) is 0. The smallest absolute Gasteiger partial charge is 0.462 e. The molecule has 9 nitrogen and oxygen atoms in total. The third kappa shape index (κ3) is 71.3. The molecule has 0 amide bonds. The van der Waals surface area contributed by atoms with Crippen LogP contribution in [0, 0.1) is 0 Å². The van der Waals surface area contributed by atoms with Gasteiger partial charge in [0.1, 0.15) is 6.61 Å². The highest BCUT2D eigenvalue weighted by Crippen LogP contribution is 2.43. The average molecular weight is 1240 g/mol. The summed E-state index contributed by atoms with van der Waals surface area (Å²) in [5.74, 6) is -0.881. The van der Waals surface area contributed by atoms with Crippen molar-refractivity contribution < 1.29 is 37.6 Å². The summed E-state index contributed by atoms with van der Waals surface area (Å²) in [5, 5.41) is 0. The molecule has 10 heteroatoms. The Morgan fingerprint density at radius 1 is 0.337 bits per heavy atom. The summed E-state index contributed by atoms with van der Waals surface area (Å²) in [5.41, 5.74) is 5.39. The number of phosphoric acid groups is 1. The molecular weight excluding hydrogens is 1120 g/mol. The molecule has 0 fully saturated rings. The first-order chi connectivity index (χ1) is 43.8. The number of rotatable bonds is 61. The van der Waals surface area contributed by atoms with Crippen molar-refractivity contribution in [2.75, 3.05) is 26.4 Å².